The van der Waals surface area contributed by atoms with Crippen LogP contribution in [0.2, 0.25) is 0 Å². The van der Waals surface area contributed by atoms with E-state index in [1.807, 2.05) is 6.08 Å². The Kier molecular flexibility index (Phi) is 4.76. The first kappa shape index (κ1) is 17.0. The number of guanidine groups is 1. The molecule has 5 unspecified atom stereocenters. The molecule has 0 amide bonds. The Hall–Kier alpha value is -1.49. The van der Waals surface area contributed by atoms with Crippen molar-refractivity contribution >= 4 is 5.96 Å². The Morgan fingerprint density at radius 2 is 1.96 bits per heavy atom. The van der Waals surface area contributed by atoms with Gasteiger partial charge in [0.25, 0.3) is 0 Å². The van der Waals surface area contributed by atoms with Crippen LogP contribution in [0.25, 0.3) is 0 Å². The molecule has 4 rings (SSSR count). The zero-order valence-electron chi connectivity index (χ0n) is 15.2. The third-order valence-electron chi connectivity index (χ3n) is 6.94. The quantitative estimate of drug-likeness (QED) is 0.415. The lowest BCUT2D eigenvalue weighted by molar-refractivity contribution is 0.254. The highest BCUT2D eigenvalue weighted by Gasteiger charge is 2.46. The van der Waals surface area contributed by atoms with Gasteiger partial charge >= 0.3 is 0 Å². The molecule has 1 aliphatic heterocycles. The van der Waals surface area contributed by atoms with Crippen LogP contribution in [0.3, 0.4) is 0 Å². The molecule has 25 heavy (non-hydrogen) atoms. The van der Waals surface area contributed by atoms with E-state index in [4.69, 9.17) is 16.5 Å². The average Bonchev–Trinajstić information content (AvgIpc) is 3.10. The number of fused-ring (bicyclic) bond motifs is 2. The standard InChI is InChI=1S/C20H33N5/c1-2-3-19(25-7-6-16(21)12-25)24-20(22)23-18-5-4-13-8-14-10-15(9-13)17(18)11-14/h2-3,13-18H,1,4-12,21H2,(H3,22,23,24)/b19-3+/t13?,14?,15?,16-,17?,18?/m1/s1. The molecule has 5 heteroatoms. The van der Waals surface area contributed by atoms with Gasteiger partial charge in [0.05, 0.1) is 0 Å². The van der Waals surface area contributed by atoms with Crippen molar-refractivity contribution in [3.05, 3.63) is 24.6 Å². The number of nitrogens with one attached hydrogen (secondary N) is 1. The van der Waals surface area contributed by atoms with E-state index in [0.717, 1.165) is 49.0 Å². The molecule has 3 aliphatic carbocycles. The first-order valence-electron chi connectivity index (χ1n) is 10.1. The molecule has 3 bridgehead atoms. The molecule has 1 saturated heterocycles. The molecule has 6 atom stereocenters. The summed E-state index contributed by atoms with van der Waals surface area (Å²) in [6.45, 7) is 5.60. The number of aliphatic imine (C=N–C) groups is 1. The van der Waals surface area contributed by atoms with E-state index in [0.29, 0.717) is 12.0 Å². The SMILES string of the molecule is C=C/C=C(\N=C(/N)NC1CCC2CC3CC(C2)C1C3)N1CC[C@@H](N)C1. The van der Waals surface area contributed by atoms with Crippen LogP contribution in [-0.4, -0.2) is 36.0 Å². The Labute approximate surface area is 151 Å². The van der Waals surface area contributed by atoms with Crippen molar-refractivity contribution in [2.45, 2.75) is 57.0 Å². The number of likely N-dealkylation sites (tertiary alicyclic amines) is 1. The maximum atomic E-state index is 6.32. The molecule has 0 spiro atoms. The number of allylic oxidation sites excluding steroid dienone is 2. The fourth-order valence-electron chi connectivity index (χ4n) is 5.93. The molecule has 3 saturated carbocycles. The van der Waals surface area contributed by atoms with Gasteiger partial charge in [-0.3, -0.25) is 0 Å². The van der Waals surface area contributed by atoms with E-state index in [1.165, 1.54) is 38.5 Å². The molecule has 0 radical (unpaired) electrons. The van der Waals surface area contributed by atoms with Crippen molar-refractivity contribution in [3.8, 4) is 0 Å². The summed E-state index contributed by atoms with van der Waals surface area (Å²) in [6, 6.07) is 0.722. The minimum absolute atomic E-state index is 0.227. The zero-order valence-corrected chi connectivity index (χ0v) is 15.2. The van der Waals surface area contributed by atoms with Crippen molar-refractivity contribution in [2.75, 3.05) is 13.1 Å². The lowest BCUT2D eigenvalue weighted by Crippen LogP contribution is -2.45. The van der Waals surface area contributed by atoms with Gasteiger partial charge in [0.15, 0.2) is 5.96 Å². The monoisotopic (exact) mass is 343 g/mol. The lowest BCUT2D eigenvalue weighted by Gasteiger charge is -2.28. The van der Waals surface area contributed by atoms with E-state index in [2.05, 4.69) is 16.8 Å². The summed E-state index contributed by atoms with van der Waals surface area (Å²) in [4.78, 5) is 6.91. The predicted molar refractivity (Wildman–Crippen MR) is 103 cm³/mol. The maximum Gasteiger partial charge on any atom is 0.195 e. The highest BCUT2D eigenvalue weighted by Crippen LogP contribution is 2.53. The normalized spacial score (nSPS) is 41.1. The molecule has 138 valence electrons. The van der Waals surface area contributed by atoms with Crippen LogP contribution in [0.15, 0.2) is 29.5 Å². The van der Waals surface area contributed by atoms with Crippen LogP contribution in [-0.2, 0) is 0 Å². The Morgan fingerprint density at radius 1 is 1.12 bits per heavy atom. The van der Waals surface area contributed by atoms with Gasteiger partial charge in [0.1, 0.15) is 5.82 Å². The molecular formula is C20H33N5. The first-order valence-corrected chi connectivity index (χ1v) is 10.1. The molecule has 4 fully saturated rings. The topological polar surface area (TPSA) is 79.7 Å². The van der Waals surface area contributed by atoms with Gasteiger partial charge in [-0.25, -0.2) is 0 Å². The van der Waals surface area contributed by atoms with E-state index in [9.17, 15) is 0 Å². The van der Waals surface area contributed by atoms with Crippen molar-refractivity contribution in [1.29, 1.82) is 0 Å². The van der Waals surface area contributed by atoms with Crippen molar-refractivity contribution < 1.29 is 0 Å². The number of hydrogen-bond donors (Lipinski definition) is 3. The summed E-state index contributed by atoms with van der Waals surface area (Å²) >= 11 is 0. The molecule has 0 aromatic heterocycles. The van der Waals surface area contributed by atoms with Gasteiger partial charge in [-0.15, -0.1) is 0 Å². The first-order chi connectivity index (χ1) is 12.1. The summed E-state index contributed by atoms with van der Waals surface area (Å²) in [5.41, 5.74) is 12.4. The second kappa shape index (κ2) is 7.02. The van der Waals surface area contributed by atoms with Crippen molar-refractivity contribution in [2.24, 2.45) is 40.1 Å². The molecule has 0 aromatic carbocycles. The third-order valence-corrected chi connectivity index (χ3v) is 6.94. The maximum absolute atomic E-state index is 6.32. The van der Waals surface area contributed by atoms with Crippen LogP contribution < -0.4 is 16.8 Å². The molecule has 5 N–H and O–H groups in total. The van der Waals surface area contributed by atoms with Crippen LogP contribution in [0.4, 0.5) is 0 Å². The summed E-state index contributed by atoms with van der Waals surface area (Å²) in [7, 11) is 0. The highest BCUT2D eigenvalue weighted by atomic mass is 15.3. The second-order valence-corrected chi connectivity index (χ2v) is 8.68. The molecule has 4 aliphatic rings. The molecule has 5 nitrogen and oxygen atoms in total. The second-order valence-electron chi connectivity index (χ2n) is 8.68. The largest absolute Gasteiger partial charge is 0.370 e. The van der Waals surface area contributed by atoms with E-state index < -0.39 is 0 Å². The number of rotatable bonds is 4. The summed E-state index contributed by atoms with van der Waals surface area (Å²) in [5, 5.41) is 3.59. The molecular weight excluding hydrogens is 310 g/mol. The van der Waals surface area contributed by atoms with Gasteiger partial charge in [-0.05, 0) is 74.7 Å². The Balaban J connectivity index is 1.45. The predicted octanol–water partition coefficient (Wildman–Crippen LogP) is 2.17. The highest BCUT2D eigenvalue weighted by molar-refractivity contribution is 5.79. The Morgan fingerprint density at radius 3 is 2.72 bits per heavy atom. The lowest BCUT2D eigenvalue weighted by atomic mass is 9.80. The van der Waals surface area contributed by atoms with E-state index in [-0.39, 0.29) is 6.04 Å². The summed E-state index contributed by atoms with van der Waals surface area (Å²) in [6.07, 6.45) is 13.1. The third kappa shape index (κ3) is 3.57. The van der Waals surface area contributed by atoms with Gasteiger partial charge in [0.2, 0.25) is 0 Å². The number of hydrogen-bond acceptors (Lipinski definition) is 3. The zero-order chi connectivity index (χ0) is 17.4. The average molecular weight is 344 g/mol. The fourth-order valence-corrected chi connectivity index (χ4v) is 5.93. The van der Waals surface area contributed by atoms with Crippen LogP contribution in [0.1, 0.15) is 44.9 Å². The van der Waals surface area contributed by atoms with Crippen LogP contribution >= 0.6 is 0 Å². The fraction of sp³-hybridized carbons (Fsp3) is 0.750. The molecule has 0 aromatic rings. The van der Waals surface area contributed by atoms with E-state index in [1.54, 1.807) is 6.08 Å². The van der Waals surface area contributed by atoms with Crippen LogP contribution in [0, 0.1) is 23.7 Å². The smallest absolute Gasteiger partial charge is 0.195 e. The number of nitrogens with zero attached hydrogens (tertiary/aromatic N) is 2. The van der Waals surface area contributed by atoms with Gasteiger partial charge in [0, 0.05) is 25.2 Å². The minimum Gasteiger partial charge on any atom is -0.370 e. The van der Waals surface area contributed by atoms with Gasteiger partial charge < -0.3 is 21.7 Å². The summed E-state index contributed by atoms with van der Waals surface area (Å²) in [5.74, 6) is 5.07. The van der Waals surface area contributed by atoms with Gasteiger partial charge in [-0.1, -0.05) is 12.7 Å². The van der Waals surface area contributed by atoms with Crippen molar-refractivity contribution in [1.82, 2.24) is 10.2 Å². The van der Waals surface area contributed by atoms with Crippen molar-refractivity contribution in [3.63, 3.8) is 0 Å². The van der Waals surface area contributed by atoms with Crippen LogP contribution in [0.5, 0.6) is 0 Å². The van der Waals surface area contributed by atoms with Gasteiger partial charge in [-0.2, -0.15) is 4.99 Å². The molecule has 1 heterocycles. The van der Waals surface area contributed by atoms with E-state index >= 15 is 0 Å². The Bertz CT molecular complexity index is 568. The number of nitrogens with two attached hydrogens (primary N) is 2. The summed E-state index contributed by atoms with van der Waals surface area (Å²) < 4.78 is 0. The minimum atomic E-state index is 0.227.